The summed E-state index contributed by atoms with van der Waals surface area (Å²) in [6.07, 6.45) is -4.78. The number of carbonyl (C=O) groups is 2. The van der Waals surface area contributed by atoms with Crippen LogP contribution in [0.25, 0.3) is 33.4 Å². The van der Waals surface area contributed by atoms with Crippen molar-refractivity contribution in [3.8, 4) is 33.4 Å². The fourth-order valence-electron chi connectivity index (χ4n) is 3.76. The van der Waals surface area contributed by atoms with Crippen LogP contribution in [-0.2, 0) is 6.18 Å². The van der Waals surface area contributed by atoms with Gasteiger partial charge in [-0.2, -0.15) is 13.2 Å². The number of carboxylic acid groups (broad SMARTS) is 2. The van der Waals surface area contributed by atoms with E-state index in [4.69, 9.17) is 0 Å². The second kappa shape index (κ2) is 9.26. The van der Waals surface area contributed by atoms with Crippen LogP contribution in [0, 0.1) is 11.6 Å². The first-order valence-corrected chi connectivity index (χ1v) is 10.3. The fraction of sp³-hybridized carbons (Fsp3) is 0.0370. The minimum absolute atomic E-state index is 0.0109. The van der Waals surface area contributed by atoms with Gasteiger partial charge in [0.1, 0.15) is 11.6 Å². The van der Waals surface area contributed by atoms with E-state index in [1.165, 1.54) is 42.5 Å². The molecule has 9 heteroatoms. The van der Waals surface area contributed by atoms with Gasteiger partial charge in [0, 0.05) is 11.6 Å². The molecule has 0 saturated heterocycles. The van der Waals surface area contributed by atoms with E-state index in [0.717, 1.165) is 18.2 Å². The van der Waals surface area contributed by atoms with E-state index in [9.17, 15) is 41.8 Å². The van der Waals surface area contributed by atoms with Crippen molar-refractivity contribution < 1.29 is 41.8 Å². The van der Waals surface area contributed by atoms with Crippen molar-refractivity contribution in [2.45, 2.75) is 6.18 Å². The number of hydrogen-bond acceptors (Lipinski definition) is 2. The third kappa shape index (κ3) is 5.10. The number of benzene rings is 4. The highest BCUT2D eigenvalue weighted by atomic mass is 19.4. The van der Waals surface area contributed by atoms with E-state index >= 15 is 0 Å². The molecule has 36 heavy (non-hydrogen) atoms. The van der Waals surface area contributed by atoms with Crippen molar-refractivity contribution >= 4 is 11.9 Å². The first-order valence-electron chi connectivity index (χ1n) is 10.3. The van der Waals surface area contributed by atoms with Crippen LogP contribution in [0.3, 0.4) is 0 Å². The standard InChI is InChI=1S/C27H15F5O4/c28-22-4-5-23(24(29)13-22)18-7-16(8-19(10-18)25(33)34)14-2-1-3-15(6-14)17-9-20(26(35)36)12-21(11-17)27(30,31)32/h1-13H,(H,33,34)(H,35,36). The second-order valence-corrected chi connectivity index (χ2v) is 7.91. The molecular weight excluding hydrogens is 483 g/mol. The van der Waals surface area contributed by atoms with Crippen LogP contribution in [0.1, 0.15) is 26.3 Å². The molecule has 0 aliphatic heterocycles. The van der Waals surface area contributed by atoms with Gasteiger partial charge in [-0.25, -0.2) is 18.4 Å². The summed E-state index contributed by atoms with van der Waals surface area (Å²) in [5.74, 6) is -4.54. The zero-order valence-corrected chi connectivity index (χ0v) is 18.1. The minimum Gasteiger partial charge on any atom is -0.478 e. The molecule has 0 unspecified atom stereocenters. The quantitative estimate of drug-likeness (QED) is 0.282. The van der Waals surface area contributed by atoms with E-state index in [1.807, 2.05) is 0 Å². The third-order valence-electron chi connectivity index (χ3n) is 5.46. The Morgan fingerprint density at radius 1 is 0.611 bits per heavy atom. The van der Waals surface area contributed by atoms with Gasteiger partial charge in [0.25, 0.3) is 0 Å². The molecule has 4 aromatic rings. The highest BCUT2D eigenvalue weighted by Gasteiger charge is 2.32. The highest BCUT2D eigenvalue weighted by molar-refractivity contribution is 5.93. The molecule has 0 saturated carbocycles. The zero-order valence-electron chi connectivity index (χ0n) is 18.1. The Balaban J connectivity index is 1.87. The Labute approximate surface area is 200 Å². The molecule has 0 radical (unpaired) electrons. The lowest BCUT2D eigenvalue weighted by Gasteiger charge is -2.13. The Morgan fingerprint density at radius 2 is 1.14 bits per heavy atom. The van der Waals surface area contributed by atoms with Gasteiger partial charge >= 0.3 is 18.1 Å². The number of carboxylic acids is 2. The Morgan fingerprint density at radius 3 is 1.69 bits per heavy atom. The molecule has 0 fully saturated rings. The maximum Gasteiger partial charge on any atom is 0.416 e. The van der Waals surface area contributed by atoms with Crippen LogP contribution in [0.5, 0.6) is 0 Å². The smallest absolute Gasteiger partial charge is 0.416 e. The molecule has 0 atom stereocenters. The summed E-state index contributed by atoms with van der Waals surface area (Å²) < 4.78 is 67.8. The lowest BCUT2D eigenvalue weighted by Crippen LogP contribution is -2.08. The maximum atomic E-state index is 14.4. The van der Waals surface area contributed by atoms with Crippen molar-refractivity contribution in [2.75, 3.05) is 0 Å². The van der Waals surface area contributed by atoms with Gasteiger partial charge in [0.2, 0.25) is 0 Å². The van der Waals surface area contributed by atoms with Crippen LogP contribution in [0.15, 0.2) is 78.9 Å². The number of hydrogen-bond donors (Lipinski definition) is 2. The summed E-state index contributed by atoms with van der Waals surface area (Å²) in [5, 5.41) is 18.8. The number of halogens is 5. The predicted molar refractivity (Wildman–Crippen MR) is 122 cm³/mol. The monoisotopic (exact) mass is 498 g/mol. The van der Waals surface area contributed by atoms with Gasteiger partial charge in [-0.15, -0.1) is 0 Å². The van der Waals surface area contributed by atoms with Crippen LogP contribution < -0.4 is 0 Å². The molecule has 182 valence electrons. The Hall–Kier alpha value is -4.53. The molecule has 0 aliphatic rings. The van der Waals surface area contributed by atoms with Crippen LogP contribution >= 0.6 is 0 Å². The lowest BCUT2D eigenvalue weighted by atomic mass is 9.93. The van der Waals surface area contributed by atoms with Gasteiger partial charge < -0.3 is 10.2 Å². The van der Waals surface area contributed by atoms with Crippen molar-refractivity contribution in [2.24, 2.45) is 0 Å². The van der Waals surface area contributed by atoms with Crippen LogP contribution in [0.4, 0.5) is 22.0 Å². The SMILES string of the molecule is O=C(O)c1cc(-c2cccc(-c3cc(C(=O)O)cc(C(F)(F)F)c3)c2)cc(-c2ccc(F)cc2F)c1. The van der Waals surface area contributed by atoms with Crippen molar-refractivity contribution in [1.29, 1.82) is 0 Å². The molecule has 4 aromatic carbocycles. The van der Waals surface area contributed by atoms with Gasteiger partial charge in [0.05, 0.1) is 16.7 Å². The van der Waals surface area contributed by atoms with Crippen molar-refractivity contribution in [1.82, 2.24) is 0 Å². The lowest BCUT2D eigenvalue weighted by molar-refractivity contribution is -0.137. The van der Waals surface area contributed by atoms with E-state index < -0.39 is 40.9 Å². The molecule has 0 aliphatic carbocycles. The maximum absolute atomic E-state index is 14.4. The van der Waals surface area contributed by atoms with E-state index in [-0.39, 0.29) is 27.8 Å². The first-order chi connectivity index (χ1) is 16.9. The third-order valence-corrected chi connectivity index (χ3v) is 5.46. The molecule has 4 nitrogen and oxygen atoms in total. The largest absolute Gasteiger partial charge is 0.478 e. The molecule has 0 aromatic heterocycles. The predicted octanol–water partition coefficient (Wildman–Crippen LogP) is 7.38. The van der Waals surface area contributed by atoms with Gasteiger partial charge in [-0.3, -0.25) is 0 Å². The molecule has 0 bridgehead atoms. The number of aromatic carboxylic acids is 2. The molecule has 4 rings (SSSR count). The molecule has 0 amide bonds. The van der Waals surface area contributed by atoms with Crippen LogP contribution in [0.2, 0.25) is 0 Å². The molecule has 2 N–H and O–H groups in total. The summed E-state index contributed by atoms with van der Waals surface area (Å²) in [4.78, 5) is 23.1. The van der Waals surface area contributed by atoms with Crippen LogP contribution in [-0.4, -0.2) is 22.2 Å². The number of rotatable bonds is 5. The first kappa shape index (κ1) is 24.6. The molecule has 0 spiro atoms. The summed E-state index contributed by atoms with van der Waals surface area (Å²) in [5.41, 5.74) is -0.837. The topological polar surface area (TPSA) is 74.6 Å². The van der Waals surface area contributed by atoms with E-state index in [0.29, 0.717) is 23.3 Å². The normalized spacial score (nSPS) is 11.4. The minimum atomic E-state index is -4.78. The van der Waals surface area contributed by atoms with Gasteiger partial charge in [-0.05, 0) is 82.4 Å². The zero-order chi connectivity index (χ0) is 26.2. The average molecular weight is 498 g/mol. The molecule has 0 heterocycles. The summed E-state index contributed by atoms with van der Waals surface area (Å²) in [7, 11) is 0. The second-order valence-electron chi connectivity index (χ2n) is 7.91. The summed E-state index contributed by atoms with van der Waals surface area (Å²) in [6.45, 7) is 0. The van der Waals surface area contributed by atoms with E-state index in [1.54, 1.807) is 6.07 Å². The Kier molecular flexibility index (Phi) is 6.32. The highest BCUT2D eigenvalue weighted by Crippen LogP contribution is 2.36. The van der Waals surface area contributed by atoms with Gasteiger partial charge in [0.15, 0.2) is 0 Å². The number of alkyl halides is 3. The van der Waals surface area contributed by atoms with Gasteiger partial charge in [-0.1, -0.05) is 18.2 Å². The Bertz CT molecular complexity index is 1510. The molecular formula is C27H15F5O4. The average Bonchev–Trinajstić information content (AvgIpc) is 2.83. The van der Waals surface area contributed by atoms with E-state index in [2.05, 4.69) is 0 Å². The summed E-state index contributed by atoms with van der Waals surface area (Å²) in [6, 6.07) is 15.3. The van der Waals surface area contributed by atoms with Crippen molar-refractivity contribution in [3.05, 3.63) is 107 Å². The fourth-order valence-corrected chi connectivity index (χ4v) is 3.76. The summed E-state index contributed by atoms with van der Waals surface area (Å²) >= 11 is 0. The van der Waals surface area contributed by atoms with Crippen molar-refractivity contribution in [3.63, 3.8) is 0 Å².